The first-order valence-corrected chi connectivity index (χ1v) is 14.5. The number of allylic oxidation sites excluding steroid dienone is 1. The minimum Gasteiger partial charge on any atom is -0.490 e. The monoisotopic (exact) mass is 588 g/mol. The molecule has 4 aromatic rings. The summed E-state index contributed by atoms with van der Waals surface area (Å²) in [4.78, 5) is 32.1. The number of thiazole rings is 1. The van der Waals surface area contributed by atoms with Gasteiger partial charge in [-0.3, -0.25) is 9.36 Å². The summed E-state index contributed by atoms with van der Waals surface area (Å²) in [6, 6.07) is 22.1. The third kappa shape index (κ3) is 5.85. The molecule has 5 rings (SSSR count). The standard InChI is InChI=1S/C32H29ClN2O5S/c1-4-24-27(31(37)38-3)28(22-14-10-7-11-15-22)35-30(36)26(41-32(35)34-24)18-21-16-23(33)29(25(17-21)39-5-2)40-19-20-12-8-6-9-13-20/h6-18,28H,4-5,19H2,1-3H3/b26-18-/t28-/m1/s1. The Hall–Kier alpha value is -4.14. The summed E-state index contributed by atoms with van der Waals surface area (Å²) in [5, 5.41) is 0.370. The van der Waals surface area contributed by atoms with E-state index in [0.717, 1.165) is 11.1 Å². The number of methoxy groups -OCH3 is 1. The van der Waals surface area contributed by atoms with E-state index < -0.39 is 12.0 Å². The first-order chi connectivity index (χ1) is 19.9. The maximum Gasteiger partial charge on any atom is 0.338 e. The second kappa shape index (κ2) is 12.6. The van der Waals surface area contributed by atoms with E-state index in [2.05, 4.69) is 0 Å². The molecule has 1 aromatic heterocycles. The van der Waals surface area contributed by atoms with Crippen LogP contribution in [0.25, 0.3) is 6.08 Å². The smallest absolute Gasteiger partial charge is 0.338 e. The number of fused-ring (bicyclic) bond motifs is 1. The summed E-state index contributed by atoms with van der Waals surface area (Å²) in [6.45, 7) is 4.56. The van der Waals surface area contributed by atoms with Crippen molar-refractivity contribution in [2.24, 2.45) is 4.99 Å². The number of esters is 1. The van der Waals surface area contributed by atoms with Crippen molar-refractivity contribution in [3.63, 3.8) is 0 Å². The van der Waals surface area contributed by atoms with Crippen LogP contribution in [-0.2, 0) is 16.1 Å². The fraction of sp³-hybridized carbons (Fsp3) is 0.219. The number of hydrogen-bond donors (Lipinski definition) is 0. The van der Waals surface area contributed by atoms with Crippen LogP contribution < -0.4 is 24.4 Å². The van der Waals surface area contributed by atoms with E-state index in [1.807, 2.05) is 74.5 Å². The number of ether oxygens (including phenoxy) is 3. The van der Waals surface area contributed by atoms with Crippen molar-refractivity contribution in [3.05, 3.63) is 125 Å². The van der Waals surface area contributed by atoms with Gasteiger partial charge in [0.05, 0.1) is 40.6 Å². The number of carbonyl (C=O) groups excluding carboxylic acids is 1. The lowest BCUT2D eigenvalue weighted by Crippen LogP contribution is -2.40. The summed E-state index contributed by atoms with van der Waals surface area (Å²) in [5.41, 5.74) is 3.17. The van der Waals surface area contributed by atoms with Gasteiger partial charge >= 0.3 is 5.97 Å². The molecule has 0 amide bonds. The molecule has 0 spiro atoms. The molecule has 9 heteroatoms. The molecule has 0 saturated heterocycles. The molecule has 1 atom stereocenters. The van der Waals surface area contributed by atoms with E-state index >= 15 is 0 Å². The number of nitrogens with zero attached hydrogens (tertiary/aromatic N) is 2. The normalized spacial score (nSPS) is 14.8. The van der Waals surface area contributed by atoms with Gasteiger partial charge in [0.15, 0.2) is 16.3 Å². The van der Waals surface area contributed by atoms with Crippen LogP contribution >= 0.6 is 22.9 Å². The van der Waals surface area contributed by atoms with Crippen LogP contribution in [0, 0.1) is 0 Å². The highest BCUT2D eigenvalue weighted by atomic mass is 35.5. The summed E-state index contributed by atoms with van der Waals surface area (Å²) < 4.78 is 19.0. The Balaban J connectivity index is 1.61. The van der Waals surface area contributed by atoms with Gasteiger partial charge < -0.3 is 14.2 Å². The summed E-state index contributed by atoms with van der Waals surface area (Å²) in [6.07, 6.45) is 2.27. The van der Waals surface area contributed by atoms with E-state index in [4.69, 9.17) is 30.8 Å². The number of carbonyl (C=O) groups is 1. The van der Waals surface area contributed by atoms with Crippen LogP contribution in [0.3, 0.4) is 0 Å². The molecule has 0 bridgehead atoms. The second-order valence-electron chi connectivity index (χ2n) is 9.24. The maximum atomic E-state index is 13.9. The van der Waals surface area contributed by atoms with Gasteiger partial charge in [0.25, 0.3) is 5.56 Å². The Labute approximate surface area is 246 Å². The molecule has 1 aliphatic heterocycles. The molecule has 0 aliphatic carbocycles. The highest BCUT2D eigenvalue weighted by Gasteiger charge is 2.33. The molecular formula is C32H29ClN2O5S. The van der Waals surface area contributed by atoms with E-state index in [9.17, 15) is 9.59 Å². The number of benzene rings is 3. The molecule has 0 fully saturated rings. The number of halogens is 1. The molecule has 0 unspecified atom stereocenters. The van der Waals surface area contributed by atoms with Crippen molar-refractivity contribution < 1.29 is 19.0 Å². The van der Waals surface area contributed by atoms with Gasteiger partial charge in [-0.2, -0.15) is 0 Å². The first-order valence-electron chi connectivity index (χ1n) is 13.3. The molecule has 41 heavy (non-hydrogen) atoms. The summed E-state index contributed by atoms with van der Waals surface area (Å²) in [5.74, 6) is 0.418. The van der Waals surface area contributed by atoms with Gasteiger partial charge in [0, 0.05) is 0 Å². The van der Waals surface area contributed by atoms with Crippen LogP contribution in [-0.4, -0.2) is 24.3 Å². The van der Waals surface area contributed by atoms with Gasteiger partial charge in [0.1, 0.15) is 6.61 Å². The lowest BCUT2D eigenvalue weighted by atomic mass is 9.95. The van der Waals surface area contributed by atoms with Crippen molar-refractivity contribution in [2.75, 3.05) is 13.7 Å². The average molecular weight is 589 g/mol. The van der Waals surface area contributed by atoms with Crippen LogP contribution in [0.5, 0.6) is 11.5 Å². The Morgan fingerprint density at radius 1 is 1.05 bits per heavy atom. The van der Waals surface area contributed by atoms with Crippen LogP contribution in [0.1, 0.15) is 43.0 Å². The fourth-order valence-electron chi connectivity index (χ4n) is 4.77. The molecule has 210 valence electrons. The zero-order valence-corrected chi connectivity index (χ0v) is 24.5. The topological polar surface area (TPSA) is 79.1 Å². The van der Waals surface area contributed by atoms with Gasteiger partial charge in [-0.15, -0.1) is 0 Å². The lowest BCUT2D eigenvalue weighted by Gasteiger charge is -2.25. The van der Waals surface area contributed by atoms with E-state index in [-0.39, 0.29) is 5.56 Å². The van der Waals surface area contributed by atoms with Gasteiger partial charge in [-0.1, -0.05) is 90.5 Å². The van der Waals surface area contributed by atoms with Crippen molar-refractivity contribution >= 4 is 35.0 Å². The van der Waals surface area contributed by atoms with E-state index in [0.29, 0.717) is 62.3 Å². The highest BCUT2D eigenvalue weighted by Crippen LogP contribution is 2.37. The minimum absolute atomic E-state index is 0.266. The maximum absolute atomic E-state index is 13.9. The van der Waals surface area contributed by atoms with Gasteiger partial charge in [-0.25, -0.2) is 9.79 Å². The molecule has 0 radical (unpaired) electrons. The van der Waals surface area contributed by atoms with Gasteiger partial charge in [0.2, 0.25) is 0 Å². The number of aromatic nitrogens is 1. The molecule has 0 N–H and O–H groups in total. The largest absolute Gasteiger partial charge is 0.490 e. The summed E-state index contributed by atoms with van der Waals surface area (Å²) in [7, 11) is 1.34. The predicted molar refractivity (Wildman–Crippen MR) is 160 cm³/mol. The lowest BCUT2D eigenvalue weighted by molar-refractivity contribution is -0.136. The average Bonchev–Trinajstić information content (AvgIpc) is 3.30. The van der Waals surface area contributed by atoms with Crippen molar-refractivity contribution in [1.29, 1.82) is 0 Å². The number of hydrogen-bond acceptors (Lipinski definition) is 7. The Bertz CT molecular complexity index is 1780. The van der Waals surface area contributed by atoms with Crippen molar-refractivity contribution in [2.45, 2.75) is 32.9 Å². The van der Waals surface area contributed by atoms with Crippen molar-refractivity contribution in [3.8, 4) is 11.5 Å². The molecule has 7 nitrogen and oxygen atoms in total. The molecular weight excluding hydrogens is 560 g/mol. The molecule has 2 heterocycles. The quantitative estimate of drug-likeness (QED) is 0.244. The SMILES string of the molecule is CCOc1cc(/C=c2\sc3n(c2=O)[C@H](c2ccccc2)C(C(=O)OC)=C(CC)N=3)cc(Cl)c1OCc1ccccc1. The number of rotatable bonds is 9. The van der Waals surface area contributed by atoms with E-state index in [1.54, 1.807) is 22.8 Å². The van der Waals surface area contributed by atoms with Crippen LogP contribution in [0.15, 0.2) is 93.9 Å². The third-order valence-corrected chi connectivity index (χ3v) is 7.88. The van der Waals surface area contributed by atoms with Gasteiger partial charge in [-0.05, 0) is 48.2 Å². The third-order valence-electron chi connectivity index (χ3n) is 6.62. The molecule has 1 aliphatic rings. The summed E-state index contributed by atoms with van der Waals surface area (Å²) >= 11 is 7.93. The zero-order valence-electron chi connectivity index (χ0n) is 22.9. The highest BCUT2D eigenvalue weighted by molar-refractivity contribution is 7.07. The van der Waals surface area contributed by atoms with Crippen LogP contribution in [0.4, 0.5) is 0 Å². The Morgan fingerprint density at radius 3 is 2.41 bits per heavy atom. The molecule has 3 aromatic carbocycles. The first kappa shape index (κ1) is 28.4. The van der Waals surface area contributed by atoms with E-state index in [1.165, 1.54) is 18.4 Å². The predicted octanol–water partition coefficient (Wildman–Crippen LogP) is 5.43. The Kier molecular flexibility index (Phi) is 8.71. The molecule has 0 saturated carbocycles. The Morgan fingerprint density at radius 2 is 1.76 bits per heavy atom. The second-order valence-corrected chi connectivity index (χ2v) is 10.7. The minimum atomic E-state index is -0.659. The van der Waals surface area contributed by atoms with Crippen molar-refractivity contribution in [1.82, 2.24) is 4.57 Å². The van der Waals surface area contributed by atoms with Crippen LogP contribution in [0.2, 0.25) is 5.02 Å². The zero-order chi connectivity index (χ0) is 28.9. The fourth-order valence-corrected chi connectivity index (χ4v) is 6.06.